The van der Waals surface area contributed by atoms with E-state index in [1.165, 1.54) is 11.8 Å². The number of hydrogen-bond donors (Lipinski definition) is 0. The number of pyridine rings is 1. The van der Waals surface area contributed by atoms with Crippen LogP contribution in [0.15, 0.2) is 73.1 Å². The molecule has 1 fully saturated rings. The monoisotopic (exact) mass is 381 g/mol. The molecule has 1 unspecified atom stereocenters. The Hall–Kier alpha value is -2.43. The van der Waals surface area contributed by atoms with Gasteiger partial charge in [0.05, 0.1) is 6.04 Å². The van der Waals surface area contributed by atoms with Gasteiger partial charge in [-0.25, -0.2) is 4.39 Å². The van der Waals surface area contributed by atoms with E-state index in [0.717, 1.165) is 31.7 Å². The maximum atomic E-state index is 14.7. The van der Waals surface area contributed by atoms with Crippen LogP contribution in [-0.2, 0) is 0 Å². The predicted molar refractivity (Wildman–Crippen MR) is 108 cm³/mol. The molecule has 1 aromatic heterocycles. The Bertz CT molecular complexity index is 881. The van der Waals surface area contributed by atoms with Gasteiger partial charge in [-0.05, 0) is 35.9 Å². The SMILES string of the molecule is Fc1cc(Cl)ccc1C(c1cccnc1)N1CCN(c2ccccc2)CC1. The average molecular weight is 382 g/mol. The molecule has 0 bridgehead atoms. The summed E-state index contributed by atoms with van der Waals surface area (Å²) >= 11 is 5.97. The van der Waals surface area contributed by atoms with Crippen LogP contribution < -0.4 is 4.90 Å². The van der Waals surface area contributed by atoms with Gasteiger partial charge in [-0.1, -0.05) is 41.9 Å². The lowest BCUT2D eigenvalue weighted by Crippen LogP contribution is -2.48. The van der Waals surface area contributed by atoms with Crippen molar-refractivity contribution >= 4 is 17.3 Å². The third-order valence-corrected chi connectivity index (χ3v) is 5.29. The summed E-state index contributed by atoms with van der Waals surface area (Å²) < 4.78 is 14.7. The van der Waals surface area contributed by atoms with Crippen molar-refractivity contribution in [3.8, 4) is 0 Å². The Morgan fingerprint density at radius 1 is 0.926 bits per heavy atom. The van der Waals surface area contributed by atoms with Crippen LogP contribution in [0.25, 0.3) is 0 Å². The fourth-order valence-corrected chi connectivity index (χ4v) is 3.88. The van der Waals surface area contributed by atoms with E-state index in [2.05, 4.69) is 39.0 Å². The molecule has 0 radical (unpaired) electrons. The number of hydrogen-bond acceptors (Lipinski definition) is 3. The summed E-state index contributed by atoms with van der Waals surface area (Å²) in [6.45, 7) is 3.49. The van der Waals surface area contributed by atoms with Crippen molar-refractivity contribution in [2.24, 2.45) is 0 Å². The first-order chi connectivity index (χ1) is 13.2. The third kappa shape index (κ3) is 3.97. The smallest absolute Gasteiger partial charge is 0.129 e. The van der Waals surface area contributed by atoms with E-state index in [1.54, 1.807) is 18.3 Å². The minimum absolute atomic E-state index is 0.172. The summed E-state index contributed by atoms with van der Waals surface area (Å²) in [6, 6.07) is 19.1. The van der Waals surface area contributed by atoms with E-state index in [1.807, 2.05) is 24.4 Å². The second-order valence-corrected chi connectivity index (χ2v) is 7.15. The lowest BCUT2D eigenvalue weighted by molar-refractivity contribution is 0.208. The topological polar surface area (TPSA) is 19.4 Å². The van der Waals surface area contributed by atoms with E-state index >= 15 is 0 Å². The first-order valence-electron chi connectivity index (χ1n) is 9.11. The highest BCUT2D eigenvalue weighted by Crippen LogP contribution is 2.32. The molecule has 3 aromatic rings. The summed E-state index contributed by atoms with van der Waals surface area (Å²) in [4.78, 5) is 8.94. The summed E-state index contributed by atoms with van der Waals surface area (Å²) in [7, 11) is 0. The van der Waals surface area contributed by atoms with E-state index in [-0.39, 0.29) is 11.9 Å². The molecule has 2 heterocycles. The molecule has 4 rings (SSSR count). The van der Waals surface area contributed by atoms with E-state index < -0.39 is 0 Å². The van der Waals surface area contributed by atoms with Crippen LogP contribution >= 0.6 is 11.6 Å². The first-order valence-corrected chi connectivity index (χ1v) is 9.49. The molecule has 138 valence electrons. The van der Waals surface area contributed by atoms with Crippen molar-refractivity contribution in [2.45, 2.75) is 6.04 Å². The molecule has 2 aromatic carbocycles. The van der Waals surface area contributed by atoms with Crippen LogP contribution in [0, 0.1) is 5.82 Å². The summed E-state index contributed by atoms with van der Waals surface area (Å²) in [6.07, 6.45) is 3.56. The maximum absolute atomic E-state index is 14.7. The average Bonchev–Trinajstić information content (AvgIpc) is 2.72. The highest BCUT2D eigenvalue weighted by molar-refractivity contribution is 6.30. The van der Waals surface area contributed by atoms with Gasteiger partial charge in [-0.2, -0.15) is 0 Å². The number of halogens is 2. The van der Waals surface area contributed by atoms with Crippen molar-refractivity contribution in [1.29, 1.82) is 0 Å². The second kappa shape index (κ2) is 8.07. The van der Waals surface area contributed by atoms with Gasteiger partial charge in [-0.15, -0.1) is 0 Å². The zero-order valence-electron chi connectivity index (χ0n) is 14.9. The Kier molecular flexibility index (Phi) is 5.37. The number of rotatable bonds is 4. The molecule has 1 saturated heterocycles. The third-order valence-electron chi connectivity index (χ3n) is 5.06. The van der Waals surface area contributed by atoms with Gasteiger partial charge in [0.15, 0.2) is 0 Å². The lowest BCUT2D eigenvalue weighted by atomic mass is 9.97. The number of nitrogens with zero attached hydrogens (tertiary/aromatic N) is 3. The zero-order valence-corrected chi connectivity index (χ0v) is 15.7. The van der Waals surface area contributed by atoms with Gasteiger partial charge in [0.2, 0.25) is 0 Å². The second-order valence-electron chi connectivity index (χ2n) is 6.71. The molecular formula is C22H21ClFN3. The van der Waals surface area contributed by atoms with Crippen molar-refractivity contribution in [3.63, 3.8) is 0 Å². The number of anilines is 1. The summed E-state index contributed by atoms with van der Waals surface area (Å²) in [5.41, 5.74) is 2.86. The molecular weight excluding hydrogens is 361 g/mol. The quantitative estimate of drug-likeness (QED) is 0.648. The van der Waals surface area contributed by atoms with Gasteiger partial charge in [0.25, 0.3) is 0 Å². The molecule has 5 heteroatoms. The molecule has 0 spiro atoms. The first kappa shape index (κ1) is 18.0. The minimum atomic E-state index is -0.276. The normalized spacial score (nSPS) is 16.3. The molecule has 1 aliphatic rings. The fourth-order valence-electron chi connectivity index (χ4n) is 3.73. The van der Waals surface area contributed by atoms with Crippen LogP contribution in [0.3, 0.4) is 0 Å². The Morgan fingerprint density at radius 2 is 1.70 bits per heavy atom. The van der Waals surface area contributed by atoms with E-state index in [9.17, 15) is 4.39 Å². The van der Waals surface area contributed by atoms with Crippen molar-refractivity contribution in [1.82, 2.24) is 9.88 Å². The van der Waals surface area contributed by atoms with Gasteiger partial charge < -0.3 is 4.90 Å². The van der Waals surface area contributed by atoms with Crippen LogP contribution in [-0.4, -0.2) is 36.1 Å². The molecule has 1 aliphatic heterocycles. The zero-order chi connectivity index (χ0) is 18.6. The van der Waals surface area contributed by atoms with Crippen molar-refractivity contribution in [3.05, 3.63) is 95.0 Å². The highest BCUT2D eigenvalue weighted by Gasteiger charge is 2.28. The van der Waals surface area contributed by atoms with Crippen LogP contribution in [0.5, 0.6) is 0 Å². The van der Waals surface area contributed by atoms with Crippen LogP contribution in [0.1, 0.15) is 17.2 Å². The largest absolute Gasteiger partial charge is 0.369 e. The molecule has 0 saturated carbocycles. The number of piperazine rings is 1. The van der Waals surface area contributed by atoms with Gasteiger partial charge in [-0.3, -0.25) is 9.88 Å². The molecule has 0 N–H and O–H groups in total. The standard InChI is InChI=1S/C22H21ClFN3/c23-18-8-9-20(21(24)15-18)22(17-5-4-10-25-16-17)27-13-11-26(12-14-27)19-6-2-1-3-7-19/h1-10,15-16,22H,11-14H2. The van der Waals surface area contributed by atoms with E-state index in [4.69, 9.17) is 11.6 Å². The summed E-state index contributed by atoms with van der Waals surface area (Å²) in [5, 5.41) is 0.412. The fraction of sp³-hybridized carbons (Fsp3) is 0.227. The van der Waals surface area contributed by atoms with Gasteiger partial charge >= 0.3 is 0 Å². The van der Waals surface area contributed by atoms with Crippen molar-refractivity contribution in [2.75, 3.05) is 31.1 Å². The Labute approximate surface area is 164 Å². The molecule has 0 aliphatic carbocycles. The number of para-hydroxylation sites is 1. The predicted octanol–water partition coefficient (Wildman–Crippen LogP) is 4.79. The van der Waals surface area contributed by atoms with Crippen LogP contribution in [0.2, 0.25) is 5.02 Å². The van der Waals surface area contributed by atoms with Gasteiger partial charge in [0, 0.05) is 54.8 Å². The number of aromatic nitrogens is 1. The highest BCUT2D eigenvalue weighted by atomic mass is 35.5. The summed E-state index contributed by atoms with van der Waals surface area (Å²) in [5.74, 6) is -0.276. The van der Waals surface area contributed by atoms with Crippen molar-refractivity contribution < 1.29 is 4.39 Å². The van der Waals surface area contributed by atoms with E-state index in [0.29, 0.717) is 10.6 Å². The maximum Gasteiger partial charge on any atom is 0.129 e. The lowest BCUT2D eigenvalue weighted by Gasteiger charge is -2.40. The van der Waals surface area contributed by atoms with Crippen LogP contribution in [0.4, 0.5) is 10.1 Å². The van der Waals surface area contributed by atoms with Gasteiger partial charge in [0.1, 0.15) is 5.82 Å². The molecule has 0 amide bonds. The Balaban J connectivity index is 1.61. The molecule has 3 nitrogen and oxygen atoms in total. The number of benzene rings is 2. The molecule has 1 atom stereocenters. The Morgan fingerprint density at radius 3 is 2.37 bits per heavy atom. The molecule has 27 heavy (non-hydrogen) atoms. The minimum Gasteiger partial charge on any atom is -0.369 e.